The fraction of sp³-hybridized carbons (Fsp3) is 0.643. The van der Waals surface area contributed by atoms with Crippen molar-refractivity contribution in [3.63, 3.8) is 0 Å². The van der Waals surface area contributed by atoms with E-state index in [2.05, 4.69) is 34.7 Å². The molecule has 1 aromatic heterocycles. The van der Waals surface area contributed by atoms with Gasteiger partial charge < -0.3 is 4.74 Å². The SMILES string of the molecule is CCC(C)(C(=O)Cc1ccc(Br)s1)N1CCOCC1. The van der Waals surface area contributed by atoms with Gasteiger partial charge in [0.2, 0.25) is 0 Å². The van der Waals surface area contributed by atoms with Crippen LogP contribution in [0, 0.1) is 0 Å². The molecule has 3 nitrogen and oxygen atoms in total. The summed E-state index contributed by atoms with van der Waals surface area (Å²) in [6.07, 6.45) is 1.37. The highest BCUT2D eigenvalue weighted by Gasteiger charge is 2.37. The van der Waals surface area contributed by atoms with Crippen molar-refractivity contribution in [1.82, 2.24) is 4.90 Å². The third-order valence-corrected chi connectivity index (χ3v) is 5.59. The molecule has 1 fully saturated rings. The molecule has 19 heavy (non-hydrogen) atoms. The van der Waals surface area contributed by atoms with E-state index in [0.717, 1.165) is 41.4 Å². The predicted molar refractivity (Wildman–Crippen MR) is 81.8 cm³/mol. The second kappa shape index (κ2) is 6.48. The van der Waals surface area contributed by atoms with E-state index in [1.165, 1.54) is 0 Å². The molecule has 0 amide bonds. The quantitative estimate of drug-likeness (QED) is 0.820. The minimum absolute atomic E-state index is 0.311. The van der Waals surface area contributed by atoms with Gasteiger partial charge in [0, 0.05) is 24.4 Å². The smallest absolute Gasteiger partial charge is 0.157 e. The first kappa shape index (κ1) is 15.2. The lowest BCUT2D eigenvalue weighted by Gasteiger charge is -2.41. The fourth-order valence-corrected chi connectivity index (χ4v) is 3.93. The number of nitrogens with zero attached hydrogens (tertiary/aromatic N) is 1. The van der Waals surface area contributed by atoms with Gasteiger partial charge in [-0.05, 0) is 41.4 Å². The van der Waals surface area contributed by atoms with E-state index in [4.69, 9.17) is 4.74 Å². The van der Waals surface area contributed by atoms with Crippen LogP contribution in [-0.4, -0.2) is 42.5 Å². The van der Waals surface area contributed by atoms with Gasteiger partial charge in [-0.1, -0.05) is 6.92 Å². The minimum atomic E-state index is -0.361. The summed E-state index contributed by atoms with van der Waals surface area (Å²) in [6, 6.07) is 4.04. The van der Waals surface area contributed by atoms with Gasteiger partial charge in [0.05, 0.1) is 22.5 Å². The average molecular weight is 346 g/mol. The number of carbonyl (C=O) groups is 1. The van der Waals surface area contributed by atoms with Crippen molar-refractivity contribution in [3.05, 3.63) is 20.8 Å². The third kappa shape index (κ3) is 3.45. The summed E-state index contributed by atoms with van der Waals surface area (Å²) in [5, 5.41) is 0. The molecule has 1 saturated heterocycles. The molecule has 1 aromatic rings. The normalized spacial score (nSPS) is 20.2. The van der Waals surface area contributed by atoms with Gasteiger partial charge in [0.1, 0.15) is 0 Å². The first-order chi connectivity index (χ1) is 9.06. The van der Waals surface area contributed by atoms with Crippen molar-refractivity contribution in [3.8, 4) is 0 Å². The predicted octanol–water partition coefficient (Wildman–Crippen LogP) is 3.12. The number of Topliss-reactive ketones (excluding diaryl/α,β-unsaturated/α-hetero) is 1. The Bertz CT molecular complexity index is 442. The van der Waals surface area contributed by atoms with Crippen LogP contribution in [0.4, 0.5) is 0 Å². The Balaban J connectivity index is 2.08. The molecule has 1 aliphatic heterocycles. The zero-order valence-corrected chi connectivity index (χ0v) is 13.8. The Kier molecular flexibility index (Phi) is 5.17. The van der Waals surface area contributed by atoms with Crippen molar-refractivity contribution in [1.29, 1.82) is 0 Å². The number of rotatable bonds is 5. The summed E-state index contributed by atoms with van der Waals surface area (Å²) in [6.45, 7) is 7.33. The second-order valence-corrected chi connectivity index (χ2v) is 7.58. The number of thiophene rings is 1. The van der Waals surface area contributed by atoms with Gasteiger partial charge in [-0.15, -0.1) is 11.3 Å². The molecule has 0 aliphatic carbocycles. The standard InChI is InChI=1S/C14H20BrNO2S/c1-3-14(2,16-6-8-18-9-7-16)12(17)10-11-4-5-13(15)19-11/h4-5H,3,6-10H2,1-2H3. The monoisotopic (exact) mass is 345 g/mol. The summed E-state index contributed by atoms with van der Waals surface area (Å²) in [4.78, 5) is 16.1. The van der Waals surface area contributed by atoms with Crippen LogP contribution in [0.1, 0.15) is 25.1 Å². The molecular formula is C14H20BrNO2S. The van der Waals surface area contributed by atoms with Crippen LogP contribution in [-0.2, 0) is 16.0 Å². The zero-order chi connectivity index (χ0) is 13.9. The number of morpholine rings is 1. The number of halogens is 1. The van der Waals surface area contributed by atoms with Crippen LogP contribution in [0.2, 0.25) is 0 Å². The molecule has 1 aliphatic rings. The topological polar surface area (TPSA) is 29.5 Å². The van der Waals surface area contributed by atoms with Gasteiger partial charge in [-0.3, -0.25) is 9.69 Å². The van der Waals surface area contributed by atoms with E-state index >= 15 is 0 Å². The molecule has 0 saturated carbocycles. The Morgan fingerprint density at radius 3 is 2.68 bits per heavy atom. The number of carbonyl (C=O) groups excluding carboxylic acids is 1. The number of hydrogen-bond donors (Lipinski definition) is 0. The maximum Gasteiger partial charge on any atom is 0.157 e. The molecule has 2 rings (SSSR count). The number of hydrogen-bond acceptors (Lipinski definition) is 4. The summed E-state index contributed by atoms with van der Waals surface area (Å²) in [5.74, 6) is 0.311. The first-order valence-corrected chi connectivity index (χ1v) is 8.27. The molecule has 5 heteroatoms. The maximum absolute atomic E-state index is 12.7. The van der Waals surface area contributed by atoms with E-state index in [1.54, 1.807) is 11.3 Å². The summed E-state index contributed by atoms with van der Waals surface area (Å²) < 4.78 is 6.47. The molecule has 106 valence electrons. The lowest BCUT2D eigenvalue weighted by molar-refractivity contribution is -0.133. The molecule has 1 atom stereocenters. The Morgan fingerprint density at radius 2 is 2.16 bits per heavy atom. The van der Waals surface area contributed by atoms with E-state index in [9.17, 15) is 4.79 Å². The van der Waals surface area contributed by atoms with Crippen LogP contribution in [0.5, 0.6) is 0 Å². The summed E-state index contributed by atoms with van der Waals surface area (Å²) >= 11 is 5.09. The molecule has 2 heterocycles. The van der Waals surface area contributed by atoms with Crippen molar-refractivity contribution < 1.29 is 9.53 Å². The summed E-state index contributed by atoms with van der Waals surface area (Å²) in [5.41, 5.74) is -0.361. The molecule has 0 aromatic carbocycles. The minimum Gasteiger partial charge on any atom is -0.379 e. The maximum atomic E-state index is 12.7. The highest BCUT2D eigenvalue weighted by molar-refractivity contribution is 9.11. The first-order valence-electron chi connectivity index (χ1n) is 6.66. The van der Waals surface area contributed by atoms with Crippen LogP contribution in [0.25, 0.3) is 0 Å². The molecule has 0 bridgehead atoms. The highest BCUT2D eigenvalue weighted by Crippen LogP contribution is 2.27. The van der Waals surface area contributed by atoms with Gasteiger partial charge in [-0.2, -0.15) is 0 Å². The summed E-state index contributed by atoms with van der Waals surface area (Å²) in [7, 11) is 0. The van der Waals surface area contributed by atoms with Crippen LogP contribution in [0.15, 0.2) is 15.9 Å². The largest absolute Gasteiger partial charge is 0.379 e. The van der Waals surface area contributed by atoms with Gasteiger partial charge >= 0.3 is 0 Å². The second-order valence-electron chi connectivity index (χ2n) is 5.03. The van der Waals surface area contributed by atoms with Gasteiger partial charge in [-0.25, -0.2) is 0 Å². The van der Waals surface area contributed by atoms with Gasteiger partial charge in [0.15, 0.2) is 5.78 Å². The lowest BCUT2D eigenvalue weighted by atomic mass is 9.88. The fourth-order valence-electron chi connectivity index (χ4n) is 2.45. The van der Waals surface area contributed by atoms with Crippen molar-refractivity contribution in [2.24, 2.45) is 0 Å². The average Bonchev–Trinajstić information content (AvgIpc) is 2.84. The Hall–Kier alpha value is -0.230. The van der Waals surface area contributed by atoms with E-state index in [1.807, 2.05) is 12.1 Å². The van der Waals surface area contributed by atoms with Gasteiger partial charge in [0.25, 0.3) is 0 Å². The Morgan fingerprint density at radius 1 is 1.47 bits per heavy atom. The molecule has 0 N–H and O–H groups in total. The third-order valence-electron chi connectivity index (χ3n) is 3.96. The Labute approximate surface area is 127 Å². The number of ether oxygens (including phenoxy) is 1. The number of ketones is 1. The van der Waals surface area contributed by atoms with Crippen LogP contribution >= 0.6 is 27.3 Å². The van der Waals surface area contributed by atoms with Crippen molar-refractivity contribution >= 4 is 33.0 Å². The zero-order valence-electron chi connectivity index (χ0n) is 11.4. The highest BCUT2D eigenvalue weighted by atomic mass is 79.9. The van der Waals surface area contributed by atoms with E-state index in [0.29, 0.717) is 12.2 Å². The van der Waals surface area contributed by atoms with E-state index in [-0.39, 0.29) is 5.54 Å². The van der Waals surface area contributed by atoms with Crippen molar-refractivity contribution in [2.75, 3.05) is 26.3 Å². The lowest BCUT2D eigenvalue weighted by Crippen LogP contribution is -2.56. The molecular weight excluding hydrogens is 326 g/mol. The van der Waals surface area contributed by atoms with Crippen LogP contribution < -0.4 is 0 Å². The van der Waals surface area contributed by atoms with Crippen LogP contribution in [0.3, 0.4) is 0 Å². The van der Waals surface area contributed by atoms with E-state index < -0.39 is 0 Å². The van der Waals surface area contributed by atoms with Crippen molar-refractivity contribution in [2.45, 2.75) is 32.2 Å². The molecule has 0 radical (unpaired) electrons. The molecule has 1 unspecified atom stereocenters. The molecule has 0 spiro atoms.